The molecule has 0 amide bonds. The molecule has 6 nitrogen and oxygen atoms in total. The first-order valence-corrected chi connectivity index (χ1v) is 10.8. The molecule has 168 valence electrons. The van der Waals surface area contributed by atoms with E-state index >= 15 is 0 Å². The van der Waals surface area contributed by atoms with Gasteiger partial charge in [-0.05, 0) is 47.0 Å². The fraction of sp³-hybridized carbons (Fsp3) is 0.0370. The average molecular weight is 471 g/mol. The first-order valence-electron chi connectivity index (χ1n) is 10.5. The predicted molar refractivity (Wildman–Crippen MR) is 132 cm³/mol. The predicted octanol–water partition coefficient (Wildman–Crippen LogP) is 7.05. The second-order valence-corrected chi connectivity index (χ2v) is 8.01. The highest BCUT2D eigenvalue weighted by molar-refractivity contribution is 6.34. The lowest BCUT2D eigenvalue weighted by molar-refractivity contribution is 0.0696. The van der Waals surface area contributed by atoms with Crippen LogP contribution in [0.4, 0.5) is 0 Å². The number of carboxylic acids is 1. The van der Waals surface area contributed by atoms with Gasteiger partial charge in [-0.15, -0.1) is 0 Å². The van der Waals surface area contributed by atoms with Crippen molar-refractivity contribution in [2.75, 3.05) is 7.11 Å². The highest BCUT2D eigenvalue weighted by Gasteiger charge is 2.15. The summed E-state index contributed by atoms with van der Waals surface area (Å²) in [5.41, 5.74) is 5.51. The smallest absolute Gasteiger partial charge is 0.335 e. The lowest BCUT2D eigenvalue weighted by Gasteiger charge is -2.08. The van der Waals surface area contributed by atoms with Crippen molar-refractivity contribution in [2.24, 2.45) is 0 Å². The van der Waals surface area contributed by atoms with Crippen LogP contribution in [0.15, 0.2) is 84.9 Å². The van der Waals surface area contributed by atoms with Gasteiger partial charge >= 0.3 is 5.97 Å². The number of methoxy groups -OCH3 is 1. The van der Waals surface area contributed by atoms with Crippen molar-refractivity contribution in [3.05, 3.63) is 95.5 Å². The summed E-state index contributed by atoms with van der Waals surface area (Å²) in [7, 11) is 1.48. The average Bonchev–Trinajstić information content (AvgIpc) is 3.25. The summed E-state index contributed by atoms with van der Waals surface area (Å²) in [5.74, 6) is -0.432. The molecule has 0 saturated carbocycles. The van der Waals surface area contributed by atoms with Crippen LogP contribution in [0.5, 0.6) is 17.5 Å². The lowest BCUT2D eigenvalue weighted by atomic mass is 10.00. The quantitative estimate of drug-likeness (QED) is 0.278. The Bertz CT molecular complexity index is 1500. The molecule has 0 aliphatic carbocycles. The molecule has 0 saturated heterocycles. The molecule has 5 aromatic rings. The van der Waals surface area contributed by atoms with E-state index in [4.69, 9.17) is 21.1 Å². The molecule has 5 rings (SSSR count). The molecule has 2 N–H and O–H groups in total. The Kier molecular flexibility index (Phi) is 5.65. The molecule has 1 aromatic heterocycles. The number of hydrogen-bond donors (Lipinski definition) is 2. The fourth-order valence-electron chi connectivity index (χ4n) is 3.74. The minimum Gasteiger partial charge on any atom is -0.493 e. The Morgan fingerprint density at radius 3 is 2.29 bits per heavy atom. The maximum Gasteiger partial charge on any atom is 0.335 e. The van der Waals surface area contributed by atoms with Crippen molar-refractivity contribution < 1.29 is 19.4 Å². The normalized spacial score (nSPS) is 10.9. The zero-order valence-electron chi connectivity index (χ0n) is 18.1. The number of imidazole rings is 1. The Balaban J connectivity index is 1.47. The molecule has 0 aliphatic heterocycles. The van der Waals surface area contributed by atoms with Gasteiger partial charge in [-0.2, -0.15) is 4.98 Å². The third-order valence-electron chi connectivity index (χ3n) is 5.47. The molecule has 1 heterocycles. The molecule has 0 fully saturated rings. The zero-order valence-corrected chi connectivity index (χ0v) is 18.8. The van der Waals surface area contributed by atoms with Crippen LogP contribution in [0.25, 0.3) is 33.3 Å². The molecular weight excluding hydrogens is 452 g/mol. The summed E-state index contributed by atoms with van der Waals surface area (Å²) in [6, 6.07) is 26.6. The second-order valence-electron chi connectivity index (χ2n) is 7.61. The number of fused-ring (bicyclic) bond motifs is 1. The Morgan fingerprint density at radius 2 is 1.59 bits per heavy atom. The van der Waals surface area contributed by atoms with Crippen LogP contribution in [-0.4, -0.2) is 28.2 Å². The highest BCUT2D eigenvalue weighted by Crippen LogP contribution is 2.36. The van der Waals surface area contributed by atoms with Gasteiger partial charge in [-0.25, -0.2) is 4.79 Å². The maximum atomic E-state index is 11.3. The van der Waals surface area contributed by atoms with Crippen LogP contribution in [0.2, 0.25) is 5.02 Å². The molecule has 0 atom stereocenters. The molecule has 4 aromatic carbocycles. The van der Waals surface area contributed by atoms with Crippen LogP contribution in [0, 0.1) is 0 Å². The van der Waals surface area contributed by atoms with E-state index in [0.717, 1.165) is 22.3 Å². The lowest BCUT2D eigenvalue weighted by Crippen LogP contribution is -1.98. The molecule has 0 radical (unpaired) electrons. The van der Waals surface area contributed by atoms with Crippen LogP contribution in [0.1, 0.15) is 10.4 Å². The van der Waals surface area contributed by atoms with Gasteiger partial charge in [0.1, 0.15) is 0 Å². The molecule has 0 spiro atoms. The number of H-pyrrole nitrogens is 1. The maximum absolute atomic E-state index is 11.3. The number of aromatic nitrogens is 2. The van der Waals surface area contributed by atoms with Gasteiger partial charge in [-0.1, -0.05) is 66.2 Å². The van der Waals surface area contributed by atoms with Crippen molar-refractivity contribution in [1.82, 2.24) is 9.97 Å². The number of benzene rings is 4. The third kappa shape index (κ3) is 4.19. The van der Waals surface area contributed by atoms with Gasteiger partial charge in [0.05, 0.1) is 28.7 Å². The first kappa shape index (κ1) is 21.6. The minimum absolute atomic E-state index is 0.0798. The monoisotopic (exact) mass is 470 g/mol. The number of hydrogen-bond acceptors (Lipinski definition) is 4. The SMILES string of the molecule is COc1ccc(C(=O)O)cc1Oc1nc2cc(-c3ccc(-c4ccccc4)cc3)c(Cl)cc2[nH]1. The summed E-state index contributed by atoms with van der Waals surface area (Å²) in [4.78, 5) is 18.9. The van der Waals surface area contributed by atoms with Gasteiger partial charge in [0.2, 0.25) is 0 Å². The summed E-state index contributed by atoms with van der Waals surface area (Å²) in [5, 5.41) is 9.84. The van der Waals surface area contributed by atoms with E-state index in [1.165, 1.54) is 25.3 Å². The van der Waals surface area contributed by atoms with Gasteiger partial charge in [0, 0.05) is 5.56 Å². The number of carboxylic acid groups (broad SMARTS) is 1. The number of nitrogens with one attached hydrogen (secondary N) is 1. The first-order chi connectivity index (χ1) is 16.5. The van der Waals surface area contributed by atoms with Crippen LogP contribution < -0.4 is 9.47 Å². The van der Waals surface area contributed by atoms with E-state index in [9.17, 15) is 9.90 Å². The van der Waals surface area contributed by atoms with E-state index in [1.807, 2.05) is 36.4 Å². The Labute approximate surface area is 200 Å². The van der Waals surface area contributed by atoms with E-state index in [2.05, 4.69) is 34.2 Å². The molecule has 7 heteroatoms. The molecule has 0 bridgehead atoms. The molecular formula is C27H19ClN2O4. The highest BCUT2D eigenvalue weighted by atomic mass is 35.5. The number of rotatable bonds is 6. The van der Waals surface area contributed by atoms with E-state index in [-0.39, 0.29) is 17.3 Å². The number of ether oxygens (including phenoxy) is 2. The van der Waals surface area contributed by atoms with Gasteiger partial charge in [0.15, 0.2) is 11.5 Å². The number of aromatic carboxylic acids is 1. The second kappa shape index (κ2) is 8.92. The topological polar surface area (TPSA) is 84.4 Å². The van der Waals surface area contributed by atoms with Crippen molar-refractivity contribution in [1.29, 1.82) is 0 Å². The Morgan fingerprint density at radius 1 is 0.882 bits per heavy atom. The van der Waals surface area contributed by atoms with Gasteiger partial charge < -0.3 is 19.6 Å². The summed E-state index contributed by atoms with van der Waals surface area (Å²) in [6.45, 7) is 0. The molecule has 0 unspecified atom stereocenters. The van der Waals surface area contributed by atoms with E-state index in [0.29, 0.717) is 21.8 Å². The Hall–Kier alpha value is -4.29. The number of aromatic amines is 1. The standard InChI is InChI=1S/C27H19ClN2O4/c1-33-24-12-11-19(26(31)32)13-25(24)34-27-29-22-14-20(21(28)15-23(22)30-27)18-9-7-17(8-10-18)16-5-3-2-4-6-16/h2-15H,1H3,(H,29,30)(H,31,32). The summed E-state index contributed by atoms with van der Waals surface area (Å²) >= 11 is 6.59. The van der Waals surface area contributed by atoms with Crippen molar-refractivity contribution in [3.63, 3.8) is 0 Å². The number of halogens is 1. The van der Waals surface area contributed by atoms with Crippen LogP contribution in [-0.2, 0) is 0 Å². The van der Waals surface area contributed by atoms with Crippen molar-refractivity contribution in [2.45, 2.75) is 0 Å². The summed E-state index contributed by atoms with van der Waals surface area (Å²) < 4.78 is 11.1. The number of carbonyl (C=O) groups is 1. The molecule has 0 aliphatic rings. The zero-order chi connectivity index (χ0) is 23.7. The molecule has 34 heavy (non-hydrogen) atoms. The fourth-order valence-corrected chi connectivity index (χ4v) is 4.02. The third-order valence-corrected chi connectivity index (χ3v) is 5.78. The van der Waals surface area contributed by atoms with Crippen LogP contribution in [0.3, 0.4) is 0 Å². The van der Waals surface area contributed by atoms with E-state index < -0.39 is 5.97 Å². The van der Waals surface area contributed by atoms with E-state index in [1.54, 1.807) is 6.07 Å². The van der Waals surface area contributed by atoms with Crippen LogP contribution >= 0.6 is 11.6 Å². The van der Waals surface area contributed by atoms with Gasteiger partial charge in [-0.3, -0.25) is 0 Å². The minimum atomic E-state index is -1.06. The number of nitrogens with zero attached hydrogens (tertiary/aromatic N) is 1. The van der Waals surface area contributed by atoms with Gasteiger partial charge in [0.25, 0.3) is 6.01 Å². The van der Waals surface area contributed by atoms with Crippen molar-refractivity contribution >= 4 is 28.6 Å². The summed E-state index contributed by atoms with van der Waals surface area (Å²) in [6.07, 6.45) is 0. The largest absolute Gasteiger partial charge is 0.493 e. The van der Waals surface area contributed by atoms with Crippen molar-refractivity contribution in [3.8, 4) is 39.8 Å².